The molecule has 0 aliphatic heterocycles. The van der Waals surface area contributed by atoms with Crippen LogP contribution >= 0.6 is 11.6 Å². The minimum absolute atomic E-state index is 0.179. The normalized spacial score (nSPS) is 10.3. The number of benzene rings is 1. The summed E-state index contributed by atoms with van der Waals surface area (Å²) < 4.78 is 0. The Labute approximate surface area is 92.4 Å². The maximum atomic E-state index is 9.68. The SMILES string of the molecule is Cc1cnc(Cl)nc1-c1ccccc1O. The molecule has 0 radical (unpaired) electrons. The Morgan fingerprint density at radius 2 is 2.00 bits per heavy atom. The number of halogens is 1. The third-order valence-corrected chi connectivity index (χ3v) is 2.28. The molecule has 0 unspecified atom stereocenters. The van der Waals surface area contributed by atoms with Crippen LogP contribution in [0.4, 0.5) is 0 Å². The number of aryl methyl sites for hydroxylation is 1. The molecular weight excluding hydrogens is 212 g/mol. The lowest BCUT2D eigenvalue weighted by atomic mass is 10.1. The first-order valence-electron chi connectivity index (χ1n) is 4.46. The lowest BCUT2D eigenvalue weighted by Gasteiger charge is -2.06. The second-order valence-corrected chi connectivity index (χ2v) is 3.53. The zero-order valence-corrected chi connectivity index (χ0v) is 8.86. The Morgan fingerprint density at radius 1 is 1.27 bits per heavy atom. The van der Waals surface area contributed by atoms with Gasteiger partial charge in [0.15, 0.2) is 0 Å². The molecule has 0 saturated carbocycles. The quantitative estimate of drug-likeness (QED) is 0.752. The van der Waals surface area contributed by atoms with Gasteiger partial charge in [-0.15, -0.1) is 0 Å². The Hall–Kier alpha value is -1.61. The zero-order chi connectivity index (χ0) is 10.8. The van der Waals surface area contributed by atoms with Gasteiger partial charge in [-0.25, -0.2) is 9.97 Å². The van der Waals surface area contributed by atoms with E-state index in [1.54, 1.807) is 24.4 Å². The van der Waals surface area contributed by atoms with E-state index >= 15 is 0 Å². The third-order valence-electron chi connectivity index (χ3n) is 2.10. The fourth-order valence-electron chi connectivity index (χ4n) is 1.37. The second-order valence-electron chi connectivity index (χ2n) is 3.19. The molecule has 1 N–H and O–H groups in total. The van der Waals surface area contributed by atoms with Crippen LogP contribution in [0, 0.1) is 6.92 Å². The average molecular weight is 221 g/mol. The van der Waals surface area contributed by atoms with Gasteiger partial charge < -0.3 is 5.11 Å². The van der Waals surface area contributed by atoms with Crippen LogP contribution in [0.5, 0.6) is 5.75 Å². The summed E-state index contributed by atoms with van der Waals surface area (Å²) in [6.45, 7) is 1.87. The van der Waals surface area contributed by atoms with Crippen LogP contribution in [0.25, 0.3) is 11.3 Å². The minimum atomic E-state index is 0.179. The molecule has 0 saturated heterocycles. The third kappa shape index (κ3) is 1.92. The van der Waals surface area contributed by atoms with Crippen molar-refractivity contribution in [2.45, 2.75) is 6.92 Å². The van der Waals surface area contributed by atoms with Crippen molar-refractivity contribution in [3.8, 4) is 17.0 Å². The van der Waals surface area contributed by atoms with Gasteiger partial charge in [0.2, 0.25) is 5.28 Å². The molecule has 1 heterocycles. The van der Waals surface area contributed by atoms with Crippen molar-refractivity contribution < 1.29 is 5.11 Å². The molecule has 0 amide bonds. The number of aromatic hydroxyl groups is 1. The van der Waals surface area contributed by atoms with E-state index in [4.69, 9.17) is 11.6 Å². The number of hydrogen-bond donors (Lipinski definition) is 1. The maximum absolute atomic E-state index is 9.68. The monoisotopic (exact) mass is 220 g/mol. The van der Waals surface area contributed by atoms with E-state index in [0.29, 0.717) is 11.3 Å². The van der Waals surface area contributed by atoms with Gasteiger partial charge in [-0.05, 0) is 36.2 Å². The summed E-state index contributed by atoms with van der Waals surface area (Å²) in [6, 6.07) is 7.01. The van der Waals surface area contributed by atoms with E-state index < -0.39 is 0 Å². The molecular formula is C11H9ClN2O. The summed E-state index contributed by atoms with van der Waals surface area (Å²) in [5.41, 5.74) is 2.20. The highest BCUT2D eigenvalue weighted by Crippen LogP contribution is 2.29. The van der Waals surface area contributed by atoms with E-state index in [0.717, 1.165) is 5.56 Å². The minimum Gasteiger partial charge on any atom is -0.507 e. The topological polar surface area (TPSA) is 46.0 Å². The molecule has 0 spiro atoms. The van der Waals surface area contributed by atoms with Gasteiger partial charge in [-0.3, -0.25) is 0 Å². The summed E-state index contributed by atoms with van der Waals surface area (Å²) in [6.07, 6.45) is 1.64. The lowest BCUT2D eigenvalue weighted by Crippen LogP contribution is -1.91. The molecule has 0 bridgehead atoms. The van der Waals surface area contributed by atoms with Gasteiger partial charge in [0.25, 0.3) is 0 Å². The molecule has 15 heavy (non-hydrogen) atoms. The van der Waals surface area contributed by atoms with Crippen LogP contribution in [0.15, 0.2) is 30.5 Å². The lowest BCUT2D eigenvalue weighted by molar-refractivity contribution is 0.477. The molecule has 1 aromatic carbocycles. The van der Waals surface area contributed by atoms with Crippen LogP contribution < -0.4 is 0 Å². The molecule has 2 aromatic rings. The van der Waals surface area contributed by atoms with Crippen molar-refractivity contribution in [3.05, 3.63) is 41.3 Å². The van der Waals surface area contributed by atoms with Crippen LogP contribution in [0.1, 0.15) is 5.56 Å². The van der Waals surface area contributed by atoms with E-state index in [9.17, 15) is 5.11 Å². The van der Waals surface area contributed by atoms with Gasteiger partial charge in [0, 0.05) is 11.8 Å². The van der Waals surface area contributed by atoms with E-state index in [1.807, 2.05) is 13.0 Å². The molecule has 0 atom stereocenters. The van der Waals surface area contributed by atoms with E-state index in [2.05, 4.69) is 9.97 Å². The molecule has 76 valence electrons. The van der Waals surface area contributed by atoms with Crippen molar-refractivity contribution in [1.82, 2.24) is 9.97 Å². The smallest absolute Gasteiger partial charge is 0.222 e. The number of aromatic nitrogens is 2. The average Bonchev–Trinajstić information content (AvgIpc) is 2.23. The molecule has 3 nitrogen and oxygen atoms in total. The summed E-state index contributed by atoms with van der Waals surface area (Å²) in [5.74, 6) is 0.190. The van der Waals surface area contributed by atoms with Crippen LogP contribution in [-0.2, 0) is 0 Å². The van der Waals surface area contributed by atoms with Gasteiger partial charge in [-0.2, -0.15) is 0 Å². The number of hydrogen-bond acceptors (Lipinski definition) is 3. The van der Waals surface area contributed by atoms with E-state index in [-0.39, 0.29) is 11.0 Å². The number of phenolic OH excluding ortho intramolecular Hbond substituents is 1. The Bertz CT molecular complexity index is 500. The van der Waals surface area contributed by atoms with Crippen molar-refractivity contribution in [1.29, 1.82) is 0 Å². The Balaban J connectivity index is 2.64. The van der Waals surface area contributed by atoms with Crippen molar-refractivity contribution in [2.75, 3.05) is 0 Å². The molecule has 4 heteroatoms. The van der Waals surface area contributed by atoms with Crippen molar-refractivity contribution >= 4 is 11.6 Å². The predicted octanol–water partition coefficient (Wildman–Crippen LogP) is 2.81. The van der Waals surface area contributed by atoms with Crippen LogP contribution in [-0.4, -0.2) is 15.1 Å². The highest BCUT2D eigenvalue weighted by molar-refractivity contribution is 6.28. The highest BCUT2D eigenvalue weighted by Gasteiger charge is 2.08. The van der Waals surface area contributed by atoms with Gasteiger partial charge in [-0.1, -0.05) is 12.1 Å². The number of phenols is 1. The maximum Gasteiger partial charge on any atom is 0.222 e. The highest BCUT2D eigenvalue weighted by atomic mass is 35.5. The molecule has 0 aliphatic rings. The van der Waals surface area contributed by atoms with Gasteiger partial charge in [0.1, 0.15) is 5.75 Å². The number of rotatable bonds is 1. The Morgan fingerprint density at radius 3 is 2.73 bits per heavy atom. The van der Waals surface area contributed by atoms with Crippen LogP contribution in [0.3, 0.4) is 0 Å². The molecule has 1 aromatic heterocycles. The largest absolute Gasteiger partial charge is 0.507 e. The van der Waals surface area contributed by atoms with Crippen molar-refractivity contribution in [3.63, 3.8) is 0 Å². The first-order valence-corrected chi connectivity index (χ1v) is 4.84. The summed E-state index contributed by atoms with van der Waals surface area (Å²) >= 11 is 5.72. The van der Waals surface area contributed by atoms with Gasteiger partial charge in [0.05, 0.1) is 5.69 Å². The van der Waals surface area contributed by atoms with E-state index in [1.165, 1.54) is 0 Å². The molecule has 2 rings (SSSR count). The van der Waals surface area contributed by atoms with Crippen LogP contribution in [0.2, 0.25) is 5.28 Å². The number of nitrogens with zero attached hydrogens (tertiary/aromatic N) is 2. The number of para-hydroxylation sites is 1. The Kier molecular flexibility index (Phi) is 2.56. The van der Waals surface area contributed by atoms with Crippen molar-refractivity contribution in [2.24, 2.45) is 0 Å². The zero-order valence-electron chi connectivity index (χ0n) is 8.11. The predicted molar refractivity (Wildman–Crippen MR) is 58.9 cm³/mol. The second kappa shape index (κ2) is 3.87. The fraction of sp³-hybridized carbons (Fsp3) is 0.0909. The summed E-state index contributed by atoms with van der Waals surface area (Å²) in [5, 5.41) is 9.86. The van der Waals surface area contributed by atoms with Gasteiger partial charge >= 0.3 is 0 Å². The summed E-state index contributed by atoms with van der Waals surface area (Å²) in [4.78, 5) is 7.97. The molecule has 0 aliphatic carbocycles. The standard InChI is InChI=1S/C11H9ClN2O/c1-7-6-13-11(12)14-10(7)8-4-2-3-5-9(8)15/h2-6,15H,1H3. The molecule has 0 fully saturated rings. The first kappa shape index (κ1) is 9.93. The fourth-order valence-corrected chi connectivity index (χ4v) is 1.50. The summed E-state index contributed by atoms with van der Waals surface area (Å²) in [7, 11) is 0. The first-order chi connectivity index (χ1) is 7.18.